The number of rotatable bonds is 52. The molecule has 0 aromatic carbocycles. The van der Waals surface area contributed by atoms with Crippen LogP contribution in [0.3, 0.4) is 0 Å². The number of amides is 1. The maximum Gasteiger partial charge on any atom is 0.306 e. The molecule has 0 aliphatic carbocycles. The molecule has 0 aromatic rings. The van der Waals surface area contributed by atoms with Gasteiger partial charge in [0.25, 0.3) is 0 Å². The molecule has 6 heteroatoms. The lowest BCUT2D eigenvalue weighted by Gasteiger charge is -2.24. The summed E-state index contributed by atoms with van der Waals surface area (Å²) in [5.74, 6) is -0.446. The van der Waals surface area contributed by atoms with Gasteiger partial charge in [-0.3, -0.25) is 9.59 Å². The first-order valence-corrected chi connectivity index (χ1v) is 28.3. The number of esters is 1. The van der Waals surface area contributed by atoms with Crippen molar-refractivity contribution in [3.63, 3.8) is 0 Å². The van der Waals surface area contributed by atoms with E-state index in [9.17, 15) is 19.8 Å². The molecule has 3 atom stereocenters. The molecule has 0 fully saturated rings. The number of carbonyl (C=O) groups excluding carboxylic acids is 2. The van der Waals surface area contributed by atoms with Gasteiger partial charge in [-0.15, -0.1) is 0 Å². The van der Waals surface area contributed by atoms with Crippen LogP contribution >= 0.6 is 0 Å². The summed E-state index contributed by atoms with van der Waals surface area (Å²) in [6.45, 7) is 6.53. The Morgan fingerprint density at radius 2 is 0.677 bits per heavy atom. The van der Waals surface area contributed by atoms with Crippen LogP contribution in [0.5, 0.6) is 0 Å². The molecule has 0 bridgehead atoms. The third kappa shape index (κ3) is 45.4. The van der Waals surface area contributed by atoms with Crippen LogP contribution in [-0.2, 0) is 14.3 Å². The SMILES string of the molecule is CCCCCCCCCCCCCCCCCCCC(=O)OC(CCCCCCCCCCCCCCCC)CC(=O)NC(CO)C(O)CCCCCCCCCCCCCC. The van der Waals surface area contributed by atoms with Crippen LogP contribution in [0.15, 0.2) is 0 Å². The number of hydrogen-bond donors (Lipinski definition) is 3. The Labute approximate surface area is 387 Å². The van der Waals surface area contributed by atoms with Crippen molar-refractivity contribution in [3.8, 4) is 0 Å². The largest absolute Gasteiger partial charge is 0.462 e. The molecule has 0 saturated carbocycles. The molecule has 0 radical (unpaired) electrons. The number of unbranched alkanes of at least 4 members (excludes halogenated alkanes) is 40. The maximum atomic E-state index is 13.2. The highest BCUT2D eigenvalue weighted by Crippen LogP contribution is 2.19. The van der Waals surface area contributed by atoms with Crippen molar-refractivity contribution < 1.29 is 24.5 Å². The highest BCUT2D eigenvalue weighted by atomic mass is 16.5. The number of aliphatic hydroxyl groups excluding tert-OH is 2. The molecule has 62 heavy (non-hydrogen) atoms. The van der Waals surface area contributed by atoms with Crippen molar-refractivity contribution in [2.45, 2.75) is 341 Å². The average molecular weight is 879 g/mol. The van der Waals surface area contributed by atoms with Crippen LogP contribution in [0, 0.1) is 0 Å². The lowest BCUT2D eigenvalue weighted by atomic mass is 10.0. The monoisotopic (exact) mass is 878 g/mol. The molecule has 3 N–H and O–H groups in total. The Bertz CT molecular complexity index is 898. The normalized spacial score (nSPS) is 13.0. The predicted octanol–water partition coefficient (Wildman–Crippen LogP) is 17.1. The smallest absolute Gasteiger partial charge is 0.306 e. The van der Waals surface area contributed by atoms with Crippen LogP contribution in [0.2, 0.25) is 0 Å². The molecule has 0 spiro atoms. The minimum Gasteiger partial charge on any atom is -0.462 e. The lowest BCUT2D eigenvalue weighted by Crippen LogP contribution is -2.46. The van der Waals surface area contributed by atoms with Gasteiger partial charge in [-0.2, -0.15) is 0 Å². The minimum absolute atomic E-state index is 0.0883. The molecule has 1 amide bonds. The maximum absolute atomic E-state index is 13.2. The van der Waals surface area contributed by atoms with E-state index < -0.39 is 18.2 Å². The zero-order chi connectivity index (χ0) is 45.2. The molecule has 0 heterocycles. The van der Waals surface area contributed by atoms with Crippen LogP contribution in [-0.4, -0.2) is 46.9 Å². The second-order valence-corrected chi connectivity index (χ2v) is 19.7. The highest BCUT2D eigenvalue weighted by Gasteiger charge is 2.24. The molecular weight excluding hydrogens is 767 g/mol. The van der Waals surface area contributed by atoms with Gasteiger partial charge in [-0.05, 0) is 25.7 Å². The number of nitrogens with one attached hydrogen (secondary N) is 1. The van der Waals surface area contributed by atoms with Crippen molar-refractivity contribution >= 4 is 11.9 Å². The summed E-state index contributed by atoms with van der Waals surface area (Å²) in [4.78, 5) is 26.2. The standard InChI is InChI=1S/C56H111NO5/c1-4-7-10-13-16-19-22-25-27-28-29-31-34-37-40-43-46-49-56(61)62-52(47-44-41-38-35-32-30-26-23-20-17-14-11-8-5-2)50-55(60)57-53(51-58)54(59)48-45-42-39-36-33-24-21-18-15-12-9-6-3/h52-54,58-59H,4-51H2,1-3H3,(H,57,60). The fraction of sp³-hybridized carbons (Fsp3) is 0.964. The topological polar surface area (TPSA) is 95.9 Å². The quantitative estimate of drug-likeness (QED) is 0.0418. The molecular formula is C56H111NO5. The molecule has 6 nitrogen and oxygen atoms in total. The predicted molar refractivity (Wildman–Crippen MR) is 269 cm³/mol. The van der Waals surface area contributed by atoms with Gasteiger partial charge >= 0.3 is 5.97 Å². The number of ether oxygens (including phenoxy) is 1. The zero-order valence-electron chi connectivity index (χ0n) is 42.3. The van der Waals surface area contributed by atoms with Gasteiger partial charge in [0.05, 0.1) is 25.2 Å². The van der Waals surface area contributed by atoms with E-state index in [1.807, 2.05) is 0 Å². The van der Waals surface area contributed by atoms with E-state index in [0.717, 1.165) is 38.5 Å². The van der Waals surface area contributed by atoms with Crippen LogP contribution in [0.25, 0.3) is 0 Å². The summed E-state index contributed by atoms with van der Waals surface area (Å²) < 4.78 is 5.96. The average Bonchev–Trinajstić information content (AvgIpc) is 3.26. The Kier molecular flexibility index (Phi) is 49.9. The number of aliphatic hydroxyl groups is 2. The molecule has 0 aliphatic heterocycles. The third-order valence-electron chi connectivity index (χ3n) is 13.4. The summed E-state index contributed by atoms with van der Waals surface area (Å²) in [5.41, 5.74) is 0. The first-order chi connectivity index (χ1) is 30.5. The molecule has 0 aromatic heterocycles. The summed E-state index contributed by atoms with van der Waals surface area (Å²) in [5, 5.41) is 23.8. The van der Waals surface area contributed by atoms with Gasteiger partial charge in [0, 0.05) is 6.42 Å². The second kappa shape index (κ2) is 50.9. The third-order valence-corrected chi connectivity index (χ3v) is 13.4. The molecule has 3 unspecified atom stereocenters. The van der Waals surface area contributed by atoms with E-state index in [-0.39, 0.29) is 24.9 Å². The van der Waals surface area contributed by atoms with E-state index in [2.05, 4.69) is 26.1 Å². The molecule has 0 aliphatic rings. The van der Waals surface area contributed by atoms with Crippen molar-refractivity contribution in [2.75, 3.05) is 6.61 Å². The van der Waals surface area contributed by atoms with Crippen molar-refractivity contribution in [2.24, 2.45) is 0 Å². The van der Waals surface area contributed by atoms with E-state index in [0.29, 0.717) is 19.3 Å². The van der Waals surface area contributed by atoms with Gasteiger partial charge in [0.15, 0.2) is 0 Å². The van der Waals surface area contributed by atoms with Crippen LogP contribution in [0.4, 0.5) is 0 Å². The Morgan fingerprint density at radius 1 is 0.403 bits per heavy atom. The summed E-state index contributed by atoms with van der Waals surface area (Å²) in [7, 11) is 0. The molecule has 370 valence electrons. The minimum atomic E-state index is -0.779. The first kappa shape index (κ1) is 60.9. The zero-order valence-corrected chi connectivity index (χ0v) is 42.3. The van der Waals surface area contributed by atoms with Crippen molar-refractivity contribution in [1.29, 1.82) is 0 Å². The fourth-order valence-electron chi connectivity index (χ4n) is 9.14. The molecule has 0 rings (SSSR count). The molecule has 0 saturated heterocycles. The second-order valence-electron chi connectivity index (χ2n) is 19.7. The first-order valence-electron chi connectivity index (χ1n) is 28.3. The highest BCUT2D eigenvalue weighted by molar-refractivity contribution is 5.77. The van der Waals surface area contributed by atoms with Crippen LogP contribution in [0.1, 0.15) is 323 Å². The van der Waals surface area contributed by atoms with Gasteiger partial charge in [-0.1, -0.05) is 284 Å². The summed E-state index contributed by atoms with van der Waals surface area (Å²) in [6.07, 6.45) is 55.9. The van der Waals surface area contributed by atoms with Gasteiger partial charge in [-0.25, -0.2) is 0 Å². The van der Waals surface area contributed by atoms with Crippen LogP contribution < -0.4 is 5.32 Å². The van der Waals surface area contributed by atoms with Gasteiger partial charge in [0.1, 0.15) is 6.10 Å². The van der Waals surface area contributed by atoms with E-state index in [1.54, 1.807) is 0 Å². The van der Waals surface area contributed by atoms with Gasteiger partial charge < -0.3 is 20.3 Å². The van der Waals surface area contributed by atoms with Crippen molar-refractivity contribution in [1.82, 2.24) is 5.32 Å². The summed E-state index contributed by atoms with van der Waals surface area (Å²) >= 11 is 0. The van der Waals surface area contributed by atoms with E-state index in [1.165, 1.54) is 238 Å². The number of carbonyl (C=O) groups is 2. The Morgan fingerprint density at radius 3 is 0.984 bits per heavy atom. The van der Waals surface area contributed by atoms with E-state index in [4.69, 9.17) is 4.74 Å². The summed E-state index contributed by atoms with van der Waals surface area (Å²) in [6, 6.07) is -0.692. The Hall–Kier alpha value is -1.14. The van der Waals surface area contributed by atoms with Crippen molar-refractivity contribution in [3.05, 3.63) is 0 Å². The van der Waals surface area contributed by atoms with Gasteiger partial charge in [0.2, 0.25) is 5.91 Å². The Balaban J connectivity index is 4.48. The fourth-order valence-corrected chi connectivity index (χ4v) is 9.14. The lowest BCUT2D eigenvalue weighted by molar-refractivity contribution is -0.151. The van der Waals surface area contributed by atoms with E-state index >= 15 is 0 Å². The number of hydrogen-bond acceptors (Lipinski definition) is 5.